The van der Waals surface area contributed by atoms with Crippen LogP contribution in [0.25, 0.3) is 0 Å². The lowest BCUT2D eigenvalue weighted by Crippen LogP contribution is -2.32. The molecule has 0 atom stereocenters. The van der Waals surface area contributed by atoms with Gasteiger partial charge >= 0.3 is 0 Å². The predicted molar refractivity (Wildman–Crippen MR) is 140 cm³/mol. The Balaban J connectivity index is 1.30. The largest absolute Gasteiger partial charge is 0.495 e. The number of hydrogen-bond donors (Lipinski definition) is 0. The number of allylic oxidation sites excluding steroid dienone is 5. The molecule has 0 N–H and O–H groups in total. The topological polar surface area (TPSA) is 59.1 Å². The number of hydrogen-bond acceptors (Lipinski definition) is 5. The second kappa shape index (κ2) is 10.7. The highest BCUT2D eigenvalue weighted by Gasteiger charge is 2.34. The molecular weight excluding hydrogens is 476 g/mol. The first-order valence-electron chi connectivity index (χ1n) is 12.3. The monoisotopic (exact) mass is 504 g/mol. The molecule has 1 aliphatic carbocycles. The van der Waals surface area contributed by atoms with Crippen LogP contribution in [0, 0.1) is 0 Å². The van der Waals surface area contributed by atoms with Crippen molar-refractivity contribution in [3.05, 3.63) is 99.4 Å². The van der Waals surface area contributed by atoms with E-state index < -0.39 is 0 Å². The summed E-state index contributed by atoms with van der Waals surface area (Å²) in [6, 6.07) is 13.1. The zero-order valence-corrected chi connectivity index (χ0v) is 21.1. The van der Waals surface area contributed by atoms with Gasteiger partial charge in [-0.1, -0.05) is 35.9 Å². The highest BCUT2D eigenvalue weighted by molar-refractivity contribution is 6.30. The van der Waals surface area contributed by atoms with Crippen LogP contribution in [0.3, 0.4) is 0 Å². The lowest BCUT2D eigenvalue weighted by molar-refractivity contribution is 0.0652. The summed E-state index contributed by atoms with van der Waals surface area (Å²) in [5.74, 6) is 0.527. The molecule has 3 aliphatic rings. The van der Waals surface area contributed by atoms with Gasteiger partial charge in [0, 0.05) is 43.0 Å². The number of carbonyl (C=O) groups excluding carboxylic acids is 2. The van der Waals surface area contributed by atoms with Gasteiger partial charge in [0.2, 0.25) is 0 Å². The molecule has 0 spiro atoms. The van der Waals surface area contributed by atoms with Crippen LogP contribution in [0.4, 0.5) is 5.69 Å². The summed E-state index contributed by atoms with van der Waals surface area (Å²) in [5.41, 5.74) is 5.66. The Morgan fingerprint density at radius 1 is 0.917 bits per heavy atom. The van der Waals surface area contributed by atoms with Gasteiger partial charge in [-0.25, -0.2) is 0 Å². The average Bonchev–Trinajstić information content (AvgIpc) is 3.03. The number of imide groups is 1. The van der Waals surface area contributed by atoms with Crippen molar-refractivity contribution in [2.75, 3.05) is 38.3 Å². The minimum absolute atomic E-state index is 0.200. The van der Waals surface area contributed by atoms with Crippen molar-refractivity contribution in [1.82, 2.24) is 4.90 Å². The van der Waals surface area contributed by atoms with Crippen molar-refractivity contribution in [3.8, 4) is 0 Å². The smallest absolute Gasteiger partial charge is 0.261 e. The summed E-state index contributed by atoms with van der Waals surface area (Å²) in [4.78, 5) is 29.1. The molecule has 5 rings (SSSR count). The van der Waals surface area contributed by atoms with Crippen LogP contribution < -0.4 is 4.90 Å². The van der Waals surface area contributed by atoms with Crippen LogP contribution in [0.2, 0.25) is 5.02 Å². The van der Waals surface area contributed by atoms with Crippen LogP contribution in [-0.4, -0.2) is 50.1 Å². The lowest BCUT2D eigenvalue weighted by Gasteiger charge is -2.31. The fourth-order valence-corrected chi connectivity index (χ4v) is 5.12. The van der Waals surface area contributed by atoms with Crippen molar-refractivity contribution in [2.45, 2.75) is 25.7 Å². The van der Waals surface area contributed by atoms with Crippen LogP contribution in [0.15, 0.2) is 77.7 Å². The molecule has 2 amide bonds. The quantitative estimate of drug-likeness (QED) is 0.331. The van der Waals surface area contributed by atoms with Gasteiger partial charge in [-0.15, -0.1) is 0 Å². The first kappa shape index (κ1) is 24.3. The maximum Gasteiger partial charge on any atom is 0.261 e. The van der Waals surface area contributed by atoms with Gasteiger partial charge in [-0.3, -0.25) is 14.5 Å². The number of methoxy groups -OCH3 is 1. The number of nitrogens with zero attached hydrogens (tertiary/aromatic N) is 2. The Morgan fingerprint density at radius 3 is 2.36 bits per heavy atom. The van der Waals surface area contributed by atoms with E-state index in [1.807, 2.05) is 18.2 Å². The summed E-state index contributed by atoms with van der Waals surface area (Å²) in [5, 5.41) is 0.698. The summed E-state index contributed by atoms with van der Waals surface area (Å²) >= 11 is 6.40. The van der Waals surface area contributed by atoms with Crippen molar-refractivity contribution in [3.63, 3.8) is 0 Å². The molecule has 7 heteroatoms. The maximum atomic E-state index is 12.7. The number of fused-ring (bicyclic) bond motifs is 3. The van der Waals surface area contributed by atoms with Crippen molar-refractivity contribution in [2.24, 2.45) is 0 Å². The van der Waals surface area contributed by atoms with Crippen LogP contribution in [0.1, 0.15) is 45.5 Å². The number of anilines is 1. The zero-order valence-electron chi connectivity index (χ0n) is 20.3. The van der Waals surface area contributed by atoms with Gasteiger partial charge in [-0.05, 0) is 66.8 Å². The Hall–Kier alpha value is -3.35. The van der Waals surface area contributed by atoms with Gasteiger partial charge in [0.05, 0.1) is 17.7 Å². The maximum absolute atomic E-state index is 12.7. The van der Waals surface area contributed by atoms with Gasteiger partial charge in [0.15, 0.2) is 0 Å². The third-order valence-corrected chi connectivity index (χ3v) is 7.02. The average molecular weight is 505 g/mol. The van der Waals surface area contributed by atoms with E-state index in [-0.39, 0.29) is 11.8 Å². The fourth-order valence-electron chi connectivity index (χ4n) is 4.96. The number of halogens is 1. The molecule has 0 saturated heterocycles. The summed E-state index contributed by atoms with van der Waals surface area (Å²) < 4.78 is 11.0. The van der Waals surface area contributed by atoms with Gasteiger partial charge in [0.1, 0.15) is 12.4 Å². The Kier molecular flexibility index (Phi) is 7.25. The second-order valence-corrected chi connectivity index (χ2v) is 9.51. The number of unbranched alkanes of at least 4 members (excludes halogenated alkanes) is 1. The lowest BCUT2D eigenvalue weighted by atomic mass is 10.0. The first-order chi connectivity index (χ1) is 17.6. The molecule has 0 radical (unpaired) electrons. The van der Waals surface area contributed by atoms with Crippen LogP contribution >= 0.6 is 11.6 Å². The van der Waals surface area contributed by atoms with E-state index in [0.29, 0.717) is 42.3 Å². The summed E-state index contributed by atoms with van der Waals surface area (Å²) in [7, 11) is 1.67. The fraction of sp³-hybridized carbons (Fsp3) is 0.310. The number of benzene rings is 2. The molecule has 36 heavy (non-hydrogen) atoms. The number of amides is 2. The van der Waals surface area contributed by atoms with E-state index in [2.05, 4.69) is 23.1 Å². The van der Waals surface area contributed by atoms with Crippen molar-refractivity contribution < 1.29 is 19.1 Å². The molecule has 2 aromatic rings. The second-order valence-electron chi connectivity index (χ2n) is 9.08. The molecule has 186 valence electrons. The van der Waals surface area contributed by atoms with E-state index in [1.54, 1.807) is 31.4 Å². The van der Waals surface area contributed by atoms with E-state index in [1.165, 1.54) is 16.0 Å². The predicted octanol–water partition coefficient (Wildman–Crippen LogP) is 5.54. The Bertz CT molecular complexity index is 1240. The molecule has 0 fully saturated rings. The number of ether oxygens (including phenoxy) is 2. The Labute approximate surface area is 216 Å². The molecular formula is C29H29ClN2O4. The van der Waals surface area contributed by atoms with E-state index in [4.69, 9.17) is 21.1 Å². The molecule has 0 unspecified atom stereocenters. The first-order valence-corrected chi connectivity index (χ1v) is 12.7. The normalized spacial score (nSPS) is 16.6. The van der Waals surface area contributed by atoms with Crippen LogP contribution in [-0.2, 0) is 15.9 Å². The number of rotatable bonds is 9. The summed E-state index contributed by atoms with van der Waals surface area (Å²) in [6.45, 7) is 2.22. The van der Waals surface area contributed by atoms with E-state index in [9.17, 15) is 9.59 Å². The van der Waals surface area contributed by atoms with Gasteiger partial charge < -0.3 is 14.4 Å². The van der Waals surface area contributed by atoms with Crippen molar-refractivity contribution >= 4 is 29.1 Å². The SMILES string of the molecule is COCCOC1=CC=C2C(=CCc3ccc(Cl)cc3N2CCCCN2C(=O)c3ccccc3C2=O)C1. The number of carbonyl (C=O) groups is 2. The molecule has 6 nitrogen and oxygen atoms in total. The third kappa shape index (κ3) is 4.84. The van der Waals surface area contributed by atoms with Gasteiger partial charge in [0.25, 0.3) is 11.8 Å². The molecule has 2 heterocycles. The molecule has 2 aromatic carbocycles. The minimum atomic E-state index is -0.200. The molecule has 0 aromatic heterocycles. The van der Waals surface area contributed by atoms with Crippen molar-refractivity contribution in [1.29, 1.82) is 0 Å². The standard InChI is InChI=1S/C29H29ClN2O4/c1-35-16-17-36-23-12-13-26-21(18-23)9-8-20-10-11-22(30)19-27(20)31(26)14-4-5-15-32-28(33)24-6-2-3-7-25(24)29(32)34/h2-3,6-7,9-13,19H,4-5,8,14-18H2,1H3. The third-order valence-electron chi connectivity index (χ3n) is 6.78. The minimum Gasteiger partial charge on any atom is -0.495 e. The molecule has 0 saturated carbocycles. The summed E-state index contributed by atoms with van der Waals surface area (Å²) in [6.07, 6.45) is 9.47. The van der Waals surface area contributed by atoms with Crippen LogP contribution in [0.5, 0.6) is 0 Å². The highest BCUT2D eigenvalue weighted by Crippen LogP contribution is 2.38. The van der Waals surface area contributed by atoms with E-state index in [0.717, 1.165) is 43.0 Å². The zero-order chi connectivity index (χ0) is 25.1. The van der Waals surface area contributed by atoms with E-state index >= 15 is 0 Å². The Morgan fingerprint density at radius 2 is 1.64 bits per heavy atom. The molecule has 0 bridgehead atoms. The molecule has 2 aliphatic heterocycles. The van der Waals surface area contributed by atoms with Gasteiger partial charge in [-0.2, -0.15) is 0 Å². The highest BCUT2D eigenvalue weighted by atomic mass is 35.5.